The van der Waals surface area contributed by atoms with Crippen LogP contribution in [0.4, 0.5) is 0 Å². The van der Waals surface area contributed by atoms with Crippen LogP contribution < -0.4 is 5.32 Å². The van der Waals surface area contributed by atoms with Crippen LogP contribution >= 0.6 is 15.9 Å². The summed E-state index contributed by atoms with van der Waals surface area (Å²) in [6.07, 6.45) is 0. The fourth-order valence-electron chi connectivity index (χ4n) is 2.39. The first-order valence-corrected chi connectivity index (χ1v) is 7.02. The van der Waals surface area contributed by atoms with Crippen LogP contribution in [-0.2, 0) is 6.54 Å². The van der Waals surface area contributed by atoms with Gasteiger partial charge in [0.2, 0.25) is 0 Å². The second-order valence-electron chi connectivity index (χ2n) is 5.68. The Hall–Kier alpha value is -0.380. The van der Waals surface area contributed by atoms with Gasteiger partial charge in [-0.15, -0.1) is 0 Å². The number of rotatable bonds is 2. The van der Waals surface area contributed by atoms with Crippen molar-refractivity contribution in [2.45, 2.75) is 20.4 Å². The number of nitrogens with zero attached hydrogens (tertiary/aromatic N) is 1. The minimum absolute atomic E-state index is 0.367. The molecule has 0 aliphatic carbocycles. The zero-order valence-electron chi connectivity index (χ0n) is 10.7. The summed E-state index contributed by atoms with van der Waals surface area (Å²) in [5.41, 5.74) is 1.76. The molecular formula is C14H21BrN2. The van der Waals surface area contributed by atoms with Crippen molar-refractivity contribution < 1.29 is 0 Å². The van der Waals surface area contributed by atoms with Crippen molar-refractivity contribution in [3.8, 4) is 0 Å². The van der Waals surface area contributed by atoms with Crippen molar-refractivity contribution in [1.29, 1.82) is 0 Å². The van der Waals surface area contributed by atoms with E-state index >= 15 is 0 Å². The second-order valence-corrected chi connectivity index (χ2v) is 6.59. The highest BCUT2D eigenvalue weighted by molar-refractivity contribution is 9.10. The van der Waals surface area contributed by atoms with E-state index in [0.717, 1.165) is 37.2 Å². The summed E-state index contributed by atoms with van der Waals surface area (Å²) in [5.74, 6) is 0. The molecule has 0 amide bonds. The van der Waals surface area contributed by atoms with Gasteiger partial charge in [-0.05, 0) is 23.1 Å². The van der Waals surface area contributed by atoms with Gasteiger partial charge in [0.25, 0.3) is 0 Å². The first-order chi connectivity index (χ1) is 8.05. The minimum Gasteiger partial charge on any atom is -0.315 e. The van der Waals surface area contributed by atoms with Gasteiger partial charge in [-0.3, -0.25) is 4.90 Å². The van der Waals surface area contributed by atoms with Crippen molar-refractivity contribution in [1.82, 2.24) is 10.2 Å². The van der Waals surface area contributed by atoms with E-state index in [-0.39, 0.29) is 0 Å². The van der Waals surface area contributed by atoms with Crippen molar-refractivity contribution in [2.24, 2.45) is 5.41 Å². The SMILES string of the molecule is CC1(C)CNCCN(Cc2ccc(Br)cc2)C1. The van der Waals surface area contributed by atoms with Gasteiger partial charge in [0.1, 0.15) is 0 Å². The molecule has 1 saturated heterocycles. The Labute approximate surface area is 113 Å². The summed E-state index contributed by atoms with van der Waals surface area (Å²) in [6, 6.07) is 8.65. The van der Waals surface area contributed by atoms with Gasteiger partial charge in [-0.25, -0.2) is 0 Å². The number of benzene rings is 1. The molecule has 0 unspecified atom stereocenters. The van der Waals surface area contributed by atoms with Crippen LogP contribution in [0.15, 0.2) is 28.7 Å². The lowest BCUT2D eigenvalue weighted by molar-refractivity contribution is 0.200. The molecule has 2 rings (SSSR count). The predicted molar refractivity (Wildman–Crippen MR) is 76.1 cm³/mol. The maximum atomic E-state index is 3.51. The molecule has 0 spiro atoms. The molecule has 1 aromatic carbocycles. The van der Waals surface area contributed by atoms with Crippen LogP contribution in [0.25, 0.3) is 0 Å². The van der Waals surface area contributed by atoms with Crippen LogP contribution in [0.1, 0.15) is 19.4 Å². The quantitative estimate of drug-likeness (QED) is 0.903. The highest BCUT2D eigenvalue weighted by atomic mass is 79.9. The van der Waals surface area contributed by atoms with Crippen molar-refractivity contribution in [3.63, 3.8) is 0 Å². The van der Waals surface area contributed by atoms with E-state index in [4.69, 9.17) is 0 Å². The van der Waals surface area contributed by atoms with E-state index in [2.05, 4.69) is 64.3 Å². The monoisotopic (exact) mass is 296 g/mol. The molecule has 2 nitrogen and oxygen atoms in total. The topological polar surface area (TPSA) is 15.3 Å². The van der Waals surface area contributed by atoms with E-state index in [1.54, 1.807) is 0 Å². The molecule has 1 aromatic rings. The predicted octanol–water partition coefficient (Wildman–Crippen LogP) is 2.88. The Kier molecular flexibility index (Phi) is 4.23. The van der Waals surface area contributed by atoms with Gasteiger partial charge < -0.3 is 5.32 Å². The molecule has 94 valence electrons. The molecule has 0 aromatic heterocycles. The standard InChI is InChI=1S/C14H21BrN2/c1-14(2)10-16-7-8-17(11-14)9-12-3-5-13(15)6-4-12/h3-6,16H,7-11H2,1-2H3. The lowest BCUT2D eigenvalue weighted by Gasteiger charge is -2.29. The van der Waals surface area contributed by atoms with Crippen LogP contribution in [0.3, 0.4) is 0 Å². The molecule has 1 fully saturated rings. The van der Waals surface area contributed by atoms with Crippen molar-refractivity contribution in [3.05, 3.63) is 34.3 Å². The average Bonchev–Trinajstić information content (AvgIpc) is 2.43. The maximum absolute atomic E-state index is 3.51. The molecular weight excluding hydrogens is 276 g/mol. The van der Waals surface area contributed by atoms with Gasteiger partial charge in [0, 0.05) is 37.2 Å². The largest absolute Gasteiger partial charge is 0.315 e. The first-order valence-electron chi connectivity index (χ1n) is 6.23. The smallest absolute Gasteiger partial charge is 0.0234 e. The normalized spacial score (nSPS) is 21.1. The average molecular weight is 297 g/mol. The van der Waals surface area contributed by atoms with Gasteiger partial charge in [0.05, 0.1) is 0 Å². The third-order valence-electron chi connectivity index (χ3n) is 3.18. The molecule has 0 saturated carbocycles. The fourth-order valence-corrected chi connectivity index (χ4v) is 2.65. The summed E-state index contributed by atoms with van der Waals surface area (Å²) in [7, 11) is 0. The number of nitrogens with one attached hydrogen (secondary N) is 1. The fraction of sp³-hybridized carbons (Fsp3) is 0.571. The maximum Gasteiger partial charge on any atom is 0.0234 e. The van der Waals surface area contributed by atoms with E-state index in [1.165, 1.54) is 5.56 Å². The molecule has 1 heterocycles. The molecule has 1 aliphatic heterocycles. The highest BCUT2D eigenvalue weighted by Crippen LogP contribution is 2.20. The minimum atomic E-state index is 0.367. The third-order valence-corrected chi connectivity index (χ3v) is 3.71. The Morgan fingerprint density at radius 1 is 1.29 bits per heavy atom. The van der Waals surface area contributed by atoms with Gasteiger partial charge >= 0.3 is 0 Å². The second kappa shape index (κ2) is 5.51. The molecule has 1 N–H and O–H groups in total. The number of hydrogen-bond acceptors (Lipinski definition) is 2. The van der Waals surface area contributed by atoms with Crippen LogP contribution in [0.2, 0.25) is 0 Å². The van der Waals surface area contributed by atoms with Crippen LogP contribution in [0.5, 0.6) is 0 Å². The summed E-state index contributed by atoms with van der Waals surface area (Å²) >= 11 is 3.48. The van der Waals surface area contributed by atoms with Crippen LogP contribution in [-0.4, -0.2) is 31.1 Å². The summed E-state index contributed by atoms with van der Waals surface area (Å²) in [4.78, 5) is 2.54. The highest BCUT2D eigenvalue weighted by Gasteiger charge is 2.24. The zero-order chi connectivity index (χ0) is 12.3. The summed E-state index contributed by atoms with van der Waals surface area (Å²) < 4.78 is 1.15. The van der Waals surface area contributed by atoms with E-state index in [9.17, 15) is 0 Å². The summed E-state index contributed by atoms with van der Waals surface area (Å²) in [6.45, 7) is 10.2. The molecule has 17 heavy (non-hydrogen) atoms. The first kappa shape index (κ1) is 13.1. The van der Waals surface area contributed by atoms with E-state index in [1.807, 2.05) is 0 Å². The Morgan fingerprint density at radius 2 is 2.00 bits per heavy atom. The summed E-state index contributed by atoms with van der Waals surface area (Å²) in [5, 5.41) is 3.51. The molecule has 1 aliphatic rings. The zero-order valence-corrected chi connectivity index (χ0v) is 12.3. The van der Waals surface area contributed by atoms with Gasteiger partial charge in [-0.1, -0.05) is 41.9 Å². The lowest BCUT2D eigenvalue weighted by atomic mass is 9.93. The van der Waals surface area contributed by atoms with Gasteiger partial charge in [-0.2, -0.15) is 0 Å². The van der Waals surface area contributed by atoms with Gasteiger partial charge in [0.15, 0.2) is 0 Å². The Balaban J connectivity index is 1.99. The lowest BCUT2D eigenvalue weighted by Crippen LogP contribution is -2.34. The molecule has 0 atom stereocenters. The third kappa shape index (κ3) is 4.09. The van der Waals surface area contributed by atoms with E-state index in [0.29, 0.717) is 5.41 Å². The number of hydrogen-bond donors (Lipinski definition) is 1. The number of halogens is 1. The van der Waals surface area contributed by atoms with E-state index < -0.39 is 0 Å². The Bertz CT molecular complexity index is 359. The van der Waals surface area contributed by atoms with Crippen LogP contribution in [0, 0.1) is 5.41 Å². The molecule has 3 heteroatoms. The molecule has 0 radical (unpaired) electrons. The van der Waals surface area contributed by atoms with Crippen molar-refractivity contribution >= 4 is 15.9 Å². The van der Waals surface area contributed by atoms with Crippen molar-refractivity contribution in [2.75, 3.05) is 26.2 Å². The molecule has 0 bridgehead atoms. The Morgan fingerprint density at radius 3 is 2.71 bits per heavy atom.